The highest BCUT2D eigenvalue weighted by Gasteiger charge is 2.32. The molecule has 2 nitrogen and oxygen atoms in total. The van der Waals surface area contributed by atoms with Gasteiger partial charge in [-0.05, 0) is 36.6 Å². The van der Waals surface area contributed by atoms with Crippen molar-refractivity contribution in [3.8, 4) is 0 Å². The molecule has 2 rings (SSSR count). The Morgan fingerprint density at radius 3 is 2.59 bits per heavy atom. The molecule has 1 N–H and O–H groups in total. The normalized spacial score (nSPS) is 18.2. The second kappa shape index (κ2) is 7.62. The summed E-state index contributed by atoms with van der Waals surface area (Å²) < 4.78 is 39.7. The third-order valence-electron chi connectivity index (χ3n) is 3.92. The molecule has 122 valence electrons. The first-order valence-corrected chi connectivity index (χ1v) is 8.15. The summed E-state index contributed by atoms with van der Waals surface area (Å²) >= 11 is 3.42. The SMILES string of the molecule is C=CCC[C@H](c1cc(C(F)(F)F)ccc1Br)N1CCNCC1. The first kappa shape index (κ1) is 17.5. The molecule has 1 heterocycles. The predicted octanol–water partition coefficient (Wildman–Crippen LogP) is 4.38. The van der Waals surface area contributed by atoms with Gasteiger partial charge >= 0.3 is 6.18 Å². The fourth-order valence-electron chi connectivity index (χ4n) is 2.78. The molecule has 0 saturated carbocycles. The molecule has 1 aliphatic rings. The van der Waals surface area contributed by atoms with Crippen LogP contribution in [0, 0.1) is 0 Å². The van der Waals surface area contributed by atoms with Gasteiger partial charge in [0.15, 0.2) is 0 Å². The van der Waals surface area contributed by atoms with Crippen molar-refractivity contribution < 1.29 is 13.2 Å². The van der Waals surface area contributed by atoms with E-state index in [1.165, 1.54) is 12.1 Å². The van der Waals surface area contributed by atoms with Crippen molar-refractivity contribution >= 4 is 15.9 Å². The molecular weight excluding hydrogens is 357 g/mol. The van der Waals surface area contributed by atoms with Crippen LogP contribution in [0.5, 0.6) is 0 Å². The van der Waals surface area contributed by atoms with Crippen LogP contribution < -0.4 is 5.32 Å². The number of hydrogen-bond acceptors (Lipinski definition) is 2. The Labute approximate surface area is 137 Å². The van der Waals surface area contributed by atoms with Crippen molar-refractivity contribution in [2.45, 2.75) is 25.1 Å². The van der Waals surface area contributed by atoms with E-state index in [1.807, 2.05) is 6.08 Å². The average Bonchev–Trinajstić information content (AvgIpc) is 2.49. The van der Waals surface area contributed by atoms with Gasteiger partial charge in [-0.2, -0.15) is 13.2 Å². The summed E-state index contributed by atoms with van der Waals surface area (Å²) in [6.45, 7) is 7.13. The van der Waals surface area contributed by atoms with Crippen LogP contribution in [0.15, 0.2) is 35.3 Å². The second-order valence-electron chi connectivity index (χ2n) is 5.40. The van der Waals surface area contributed by atoms with E-state index in [0.29, 0.717) is 5.56 Å². The molecule has 1 aromatic carbocycles. The van der Waals surface area contributed by atoms with E-state index in [2.05, 4.69) is 32.7 Å². The summed E-state index contributed by atoms with van der Waals surface area (Å²) in [6, 6.07) is 3.87. The van der Waals surface area contributed by atoms with Gasteiger partial charge in [0.05, 0.1) is 5.56 Å². The fraction of sp³-hybridized carbons (Fsp3) is 0.500. The van der Waals surface area contributed by atoms with E-state index >= 15 is 0 Å². The topological polar surface area (TPSA) is 15.3 Å². The van der Waals surface area contributed by atoms with Gasteiger partial charge in [0, 0.05) is 36.7 Å². The van der Waals surface area contributed by atoms with Crippen molar-refractivity contribution in [3.63, 3.8) is 0 Å². The molecule has 0 unspecified atom stereocenters. The highest BCUT2D eigenvalue weighted by atomic mass is 79.9. The Balaban J connectivity index is 2.34. The Morgan fingerprint density at radius 1 is 1.32 bits per heavy atom. The molecule has 0 spiro atoms. The molecule has 1 aromatic rings. The van der Waals surface area contributed by atoms with E-state index in [0.717, 1.165) is 49.6 Å². The van der Waals surface area contributed by atoms with Crippen LogP contribution in [0.4, 0.5) is 13.2 Å². The van der Waals surface area contributed by atoms with Crippen molar-refractivity contribution in [3.05, 3.63) is 46.5 Å². The van der Waals surface area contributed by atoms with Crippen LogP contribution in [-0.4, -0.2) is 31.1 Å². The highest BCUT2D eigenvalue weighted by molar-refractivity contribution is 9.10. The van der Waals surface area contributed by atoms with Gasteiger partial charge in [-0.1, -0.05) is 22.0 Å². The molecule has 0 radical (unpaired) electrons. The first-order chi connectivity index (χ1) is 10.4. The molecule has 1 fully saturated rings. The summed E-state index contributed by atoms with van der Waals surface area (Å²) in [5, 5.41) is 3.27. The maximum absolute atomic E-state index is 13.0. The average molecular weight is 377 g/mol. The lowest BCUT2D eigenvalue weighted by atomic mass is 9.97. The third-order valence-corrected chi connectivity index (χ3v) is 4.64. The van der Waals surface area contributed by atoms with Crippen LogP contribution in [0.2, 0.25) is 0 Å². The summed E-state index contributed by atoms with van der Waals surface area (Å²) in [5.74, 6) is 0. The van der Waals surface area contributed by atoms with Crippen molar-refractivity contribution in [1.29, 1.82) is 0 Å². The monoisotopic (exact) mass is 376 g/mol. The second-order valence-corrected chi connectivity index (χ2v) is 6.26. The number of hydrogen-bond donors (Lipinski definition) is 1. The number of benzene rings is 1. The molecule has 0 amide bonds. The fourth-order valence-corrected chi connectivity index (χ4v) is 3.29. The third kappa shape index (κ3) is 4.33. The molecule has 1 atom stereocenters. The standard InChI is InChI=1S/C16H20BrF3N2/c1-2-3-4-15(22-9-7-21-8-10-22)13-11-12(16(18,19)20)5-6-14(13)17/h2,5-6,11,15,21H,1,3-4,7-10H2/t15-/m1/s1. The molecule has 0 aromatic heterocycles. The maximum atomic E-state index is 13.0. The summed E-state index contributed by atoms with van der Waals surface area (Å²) in [7, 11) is 0. The number of alkyl halides is 3. The molecular formula is C16H20BrF3N2. The minimum absolute atomic E-state index is 0.0308. The van der Waals surface area contributed by atoms with Crippen LogP contribution in [-0.2, 0) is 6.18 Å². The summed E-state index contributed by atoms with van der Waals surface area (Å²) in [4.78, 5) is 2.25. The van der Waals surface area contributed by atoms with E-state index in [1.54, 1.807) is 0 Å². The van der Waals surface area contributed by atoms with E-state index < -0.39 is 11.7 Å². The lowest BCUT2D eigenvalue weighted by Crippen LogP contribution is -2.45. The van der Waals surface area contributed by atoms with Gasteiger partial charge in [-0.3, -0.25) is 4.90 Å². The minimum Gasteiger partial charge on any atom is -0.314 e. The number of halogens is 4. The van der Waals surface area contributed by atoms with Crippen molar-refractivity contribution in [2.24, 2.45) is 0 Å². The molecule has 1 aliphatic heterocycles. The van der Waals surface area contributed by atoms with Crippen LogP contribution in [0.25, 0.3) is 0 Å². The molecule has 22 heavy (non-hydrogen) atoms. The smallest absolute Gasteiger partial charge is 0.314 e. The Morgan fingerprint density at radius 2 is 2.00 bits per heavy atom. The van der Waals surface area contributed by atoms with Gasteiger partial charge < -0.3 is 5.32 Å². The number of nitrogens with one attached hydrogen (secondary N) is 1. The number of rotatable bonds is 5. The van der Waals surface area contributed by atoms with E-state index in [9.17, 15) is 13.2 Å². The summed E-state index contributed by atoms with van der Waals surface area (Å²) in [5.41, 5.74) is 0.114. The zero-order valence-corrected chi connectivity index (χ0v) is 13.9. The van der Waals surface area contributed by atoms with Crippen molar-refractivity contribution in [1.82, 2.24) is 10.2 Å². The van der Waals surface area contributed by atoms with Crippen LogP contribution >= 0.6 is 15.9 Å². The zero-order chi connectivity index (χ0) is 16.2. The van der Waals surface area contributed by atoms with E-state index in [-0.39, 0.29) is 6.04 Å². The van der Waals surface area contributed by atoms with Gasteiger partial charge in [0.25, 0.3) is 0 Å². The number of piperazine rings is 1. The minimum atomic E-state index is -4.32. The van der Waals surface area contributed by atoms with Crippen LogP contribution in [0.3, 0.4) is 0 Å². The first-order valence-electron chi connectivity index (χ1n) is 7.36. The largest absolute Gasteiger partial charge is 0.416 e. The quantitative estimate of drug-likeness (QED) is 0.767. The van der Waals surface area contributed by atoms with Gasteiger partial charge in [-0.25, -0.2) is 0 Å². The Kier molecular flexibility index (Phi) is 6.06. The van der Waals surface area contributed by atoms with Crippen LogP contribution in [0.1, 0.15) is 30.0 Å². The Bertz CT molecular complexity index is 511. The van der Waals surface area contributed by atoms with Crippen molar-refractivity contribution in [2.75, 3.05) is 26.2 Å². The van der Waals surface area contributed by atoms with Gasteiger partial charge in [0.2, 0.25) is 0 Å². The maximum Gasteiger partial charge on any atom is 0.416 e. The van der Waals surface area contributed by atoms with E-state index in [4.69, 9.17) is 0 Å². The lowest BCUT2D eigenvalue weighted by Gasteiger charge is -2.36. The molecule has 0 bridgehead atoms. The molecule has 6 heteroatoms. The molecule has 0 aliphatic carbocycles. The summed E-state index contributed by atoms with van der Waals surface area (Å²) in [6.07, 6.45) is -0.959. The lowest BCUT2D eigenvalue weighted by molar-refractivity contribution is -0.137. The zero-order valence-electron chi connectivity index (χ0n) is 12.3. The highest BCUT2D eigenvalue weighted by Crippen LogP contribution is 2.37. The molecule has 1 saturated heterocycles. The van der Waals surface area contributed by atoms with Gasteiger partial charge in [-0.15, -0.1) is 6.58 Å². The Hall–Kier alpha value is -0.850. The predicted molar refractivity (Wildman–Crippen MR) is 85.8 cm³/mol. The number of allylic oxidation sites excluding steroid dienone is 1. The van der Waals surface area contributed by atoms with Gasteiger partial charge in [0.1, 0.15) is 0 Å². The number of nitrogens with zero attached hydrogens (tertiary/aromatic N) is 1.